The van der Waals surface area contributed by atoms with Gasteiger partial charge in [0.1, 0.15) is 5.82 Å². The molecule has 0 unspecified atom stereocenters. The van der Waals surface area contributed by atoms with Crippen molar-refractivity contribution < 1.29 is 14.0 Å². The van der Waals surface area contributed by atoms with Gasteiger partial charge in [-0.1, -0.05) is 38.1 Å². The van der Waals surface area contributed by atoms with Crippen LogP contribution in [-0.4, -0.2) is 16.8 Å². The summed E-state index contributed by atoms with van der Waals surface area (Å²) in [5, 5.41) is 4.86. The van der Waals surface area contributed by atoms with Gasteiger partial charge in [0.15, 0.2) is 5.13 Å². The number of halogens is 1. The molecular weight excluding hydrogens is 401 g/mol. The van der Waals surface area contributed by atoms with Crippen molar-refractivity contribution in [3.8, 4) is 0 Å². The zero-order valence-corrected chi connectivity index (χ0v) is 17.7. The van der Waals surface area contributed by atoms with E-state index in [4.69, 9.17) is 0 Å². The first kappa shape index (κ1) is 21.4. The number of carbonyl (C=O) groups is 2. The molecule has 0 bridgehead atoms. The Morgan fingerprint density at radius 2 is 1.93 bits per heavy atom. The first-order valence-electron chi connectivity index (χ1n) is 9.45. The quantitative estimate of drug-likeness (QED) is 0.514. The molecule has 0 fully saturated rings. The summed E-state index contributed by atoms with van der Waals surface area (Å²) in [7, 11) is 0. The van der Waals surface area contributed by atoms with Crippen LogP contribution in [0.25, 0.3) is 6.08 Å². The molecule has 2 aromatic carbocycles. The van der Waals surface area contributed by atoms with Crippen molar-refractivity contribution in [1.82, 2.24) is 4.98 Å². The molecular formula is C23H22FN3O2S. The van der Waals surface area contributed by atoms with E-state index in [9.17, 15) is 14.0 Å². The third-order valence-corrected chi connectivity index (χ3v) is 5.18. The van der Waals surface area contributed by atoms with Crippen LogP contribution in [0.15, 0.2) is 60.0 Å². The monoisotopic (exact) mass is 423 g/mol. The highest BCUT2D eigenvalue weighted by atomic mass is 32.1. The van der Waals surface area contributed by atoms with Crippen molar-refractivity contribution in [2.45, 2.75) is 26.7 Å². The number of aromatic nitrogens is 1. The van der Waals surface area contributed by atoms with Crippen LogP contribution in [0, 0.1) is 5.82 Å². The topological polar surface area (TPSA) is 62.3 Å². The number of nitrogens with one attached hydrogen (secondary N) is 1. The summed E-state index contributed by atoms with van der Waals surface area (Å²) in [5.74, 6) is -0.789. The second-order valence-electron chi connectivity index (χ2n) is 6.96. The summed E-state index contributed by atoms with van der Waals surface area (Å²) in [6, 6.07) is 13.7. The molecule has 0 aliphatic heterocycles. The lowest BCUT2D eigenvalue weighted by atomic mass is 10.0. The van der Waals surface area contributed by atoms with Gasteiger partial charge in [-0.25, -0.2) is 9.37 Å². The van der Waals surface area contributed by atoms with E-state index in [1.165, 1.54) is 41.4 Å². The Hall–Kier alpha value is -3.32. The molecule has 2 amide bonds. The lowest BCUT2D eigenvalue weighted by molar-refractivity contribution is -0.116. The first-order valence-corrected chi connectivity index (χ1v) is 10.3. The zero-order chi connectivity index (χ0) is 21.7. The Morgan fingerprint density at radius 1 is 1.17 bits per heavy atom. The van der Waals surface area contributed by atoms with Crippen molar-refractivity contribution in [2.24, 2.45) is 0 Å². The van der Waals surface area contributed by atoms with Crippen LogP contribution in [0.4, 0.5) is 20.9 Å². The van der Waals surface area contributed by atoms with Gasteiger partial charge in [0.25, 0.3) is 0 Å². The molecule has 1 heterocycles. The molecule has 3 rings (SSSR count). The first-order chi connectivity index (χ1) is 14.3. The van der Waals surface area contributed by atoms with Crippen LogP contribution in [0.5, 0.6) is 0 Å². The van der Waals surface area contributed by atoms with E-state index in [-0.39, 0.29) is 17.5 Å². The fourth-order valence-electron chi connectivity index (χ4n) is 2.82. The highest BCUT2D eigenvalue weighted by Gasteiger charge is 2.20. The van der Waals surface area contributed by atoms with E-state index in [1.54, 1.807) is 23.6 Å². The minimum atomic E-state index is -0.511. The molecule has 0 aliphatic carbocycles. The number of benzene rings is 2. The van der Waals surface area contributed by atoms with Gasteiger partial charge in [-0.2, -0.15) is 0 Å². The molecule has 7 heteroatoms. The lowest BCUT2D eigenvalue weighted by Crippen LogP contribution is -2.23. The molecule has 0 aliphatic rings. The number of anilines is 3. The minimum Gasteiger partial charge on any atom is -0.323 e. The largest absolute Gasteiger partial charge is 0.323 e. The van der Waals surface area contributed by atoms with Gasteiger partial charge >= 0.3 is 0 Å². The third-order valence-electron chi connectivity index (χ3n) is 4.34. The number of nitrogens with zero attached hydrogens (tertiary/aromatic N) is 2. The normalized spacial score (nSPS) is 11.1. The second-order valence-corrected chi connectivity index (χ2v) is 7.80. The van der Waals surface area contributed by atoms with Gasteiger partial charge in [0, 0.05) is 24.1 Å². The van der Waals surface area contributed by atoms with E-state index in [1.807, 2.05) is 24.3 Å². The Balaban J connectivity index is 1.73. The van der Waals surface area contributed by atoms with Crippen LogP contribution in [-0.2, 0) is 9.59 Å². The Kier molecular flexibility index (Phi) is 6.74. The molecule has 5 nitrogen and oxygen atoms in total. The van der Waals surface area contributed by atoms with Crippen molar-refractivity contribution >= 4 is 45.7 Å². The number of para-hydroxylation sites is 1. The minimum absolute atomic E-state index is 0.137. The summed E-state index contributed by atoms with van der Waals surface area (Å²) in [6.45, 7) is 5.53. The highest BCUT2D eigenvalue weighted by Crippen LogP contribution is 2.31. The number of rotatable bonds is 6. The Morgan fingerprint density at radius 3 is 2.63 bits per heavy atom. The summed E-state index contributed by atoms with van der Waals surface area (Å²) < 4.78 is 14.1. The fraction of sp³-hybridized carbons (Fsp3) is 0.174. The predicted molar refractivity (Wildman–Crippen MR) is 120 cm³/mol. The van der Waals surface area contributed by atoms with E-state index < -0.39 is 5.82 Å². The van der Waals surface area contributed by atoms with Crippen molar-refractivity contribution in [2.75, 3.05) is 10.2 Å². The number of carbonyl (C=O) groups excluding carboxylic acids is 2. The van der Waals surface area contributed by atoms with Gasteiger partial charge < -0.3 is 5.32 Å². The van der Waals surface area contributed by atoms with Crippen LogP contribution in [0.2, 0.25) is 0 Å². The molecule has 1 aromatic heterocycles. The molecule has 3 aromatic rings. The maximum atomic E-state index is 14.1. The number of hydrogen-bond acceptors (Lipinski definition) is 4. The summed E-state index contributed by atoms with van der Waals surface area (Å²) in [4.78, 5) is 29.9. The van der Waals surface area contributed by atoms with Crippen molar-refractivity contribution in [3.05, 3.63) is 77.1 Å². The SMILES string of the molecule is CC(=O)N(c1nc(/C=C/C(=O)Nc2cccc(C(C)C)c2)cs1)c1ccccc1F. The van der Waals surface area contributed by atoms with Gasteiger partial charge in [-0.15, -0.1) is 11.3 Å². The Bertz CT molecular complexity index is 1090. The molecule has 1 N–H and O–H groups in total. The number of amides is 2. The van der Waals surface area contributed by atoms with Crippen LogP contribution < -0.4 is 10.2 Å². The van der Waals surface area contributed by atoms with E-state index in [0.717, 1.165) is 11.3 Å². The molecule has 154 valence electrons. The second kappa shape index (κ2) is 9.45. The third kappa shape index (κ3) is 5.18. The summed E-state index contributed by atoms with van der Waals surface area (Å²) in [5.41, 5.74) is 2.50. The maximum Gasteiger partial charge on any atom is 0.248 e. The molecule has 30 heavy (non-hydrogen) atoms. The van der Waals surface area contributed by atoms with Crippen LogP contribution in [0.3, 0.4) is 0 Å². The molecule has 0 radical (unpaired) electrons. The highest BCUT2D eigenvalue weighted by molar-refractivity contribution is 7.14. The van der Waals surface area contributed by atoms with Crippen molar-refractivity contribution in [3.63, 3.8) is 0 Å². The standard InChI is InChI=1S/C23H22FN3O2S/c1-15(2)17-7-6-8-18(13-17)25-22(29)12-11-19-14-30-23(26-19)27(16(3)28)21-10-5-4-9-20(21)24/h4-15H,1-3H3,(H,25,29)/b12-11+. The van der Waals surface area contributed by atoms with E-state index >= 15 is 0 Å². The summed E-state index contributed by atoms with van der Waals surface area (Å²) in [6.07, 6.45) is 2.93. The predicted octanol–water partition coefficient (Wildman–Crippen LogP) is 5.74. The number of thiazole rings is 1. The molecule has 0 atom stereocenters. The van der Waals surface area contributed by atoms with Gasteiger partial charge in [0.05, 0.1) is 11.4 Å². The Labute approximate surface area is 178 Å². The molecule has 0 saturated carbocycles. The maximum absolute atomic E-state index is 14.1. The zero-order valence-electron chi connectivity index (χ0n) is 16.9. The average Bonchev–Trinajstić information content (AvgIpc) is 3.16. The average molecular weight is 424 g/mol. The van der Waals surface area contributed by atoms with Crippen molar-refractivity contribution in [1.29, 1.82) is 0 Å². The van der Waals surface area contributed by atoms with E-state index in [0.29, 0.717) is 16.7 Å². The van der Waals surface area contributed by atoms with Gasteiger partial charge in [-0.3, -0.25) is 14.5 Å². The molecule has 0 saturated heterocycles. The fourth-order valence-corrected chi connectivity index (χ4v) is 3.66. The van der Waals surface area contributed by atoms with E-state index in [2.05, 4.69) is 24.1 Å². The smallest absolute Gasteiger partial charge is 0.248 e. The van der Waals surface area contributed by atoms with Crippen LogP contribution in [0.1, 0.15) is 37.9 Å². The van der Waals surface area contributed by atoms with Crippen LogP contribution >= 0.6 is 11.3 Å². The summed E-state index contributed by atoms with van der Waals surface area (Å²) >= 11 is 1.19. The van der Waals surface area contributed by atoms with Gasteiger partial charge in [0.2, 0.25) is 11.8 Å². The van der Waals surface area contributed by atoms with Gasteiger partial charge in [-0.05, 0) is 41.8 Å². The lowest BCUT2D eigenvalue weighted by Gasteiger charge is -2.18. The molecule has 0 spiro atoms. The number of hydrogen-bond donors (Lipinski definition) is 1.